The summed E-state index contributed by atoms with van der Waals surface area (Å²) in [5.74, 6) is -0.501. The van der Waals surface area contributed by atoms with Gasteiger partial charge < -0.3 is 9.47 Å². The number of benzene rings is 1. The Labute approximate surface area is 124 Å². The first kappa shape index (κ1) is 17.5. The number of para-hydroxylation sites is 1. The molecule has 0 atom stereocenters. The van der Waals surface area contributed by atoms with Gasteiger partial charge in [0.05, 0.1) is 19.0 Å². The van der Waals surface area contributed by atoms with Crippen molar-refractivity contribution in [3.05, 3.63) is 29.8 Å². The topological polar surface area (TPSA) is 89.9 Å². The van der Waals surface area contributed by atoms with Gasteiger partial charge in [0.15, 0.2) is 0 Å². The molecular weight excluding hydrogens is 296 g/mol. The first-order chi connectivity index (χ1) is 9.94. The quantitative estimate of drug-likeness (QED) is 0.427. The molecule has 6 nitrogen and oxygen atoms in total. The molecule has 7 heteroatoms. The highest BCUT2D eigenvalue weighted by atomic mass is 32.2. The Kier molecular flexibility index (Phi) is 7.18. The van der Waals surface area contributed by atoms with Gasteiger partial charge in [-0.25, -0.2) is 4.79 Å². The first-order valence-electron chi connectivity index (χ1n) is 6.78. The molecule has 0 bridgehead atoms. The second-order valence-corrected chi connectivity index (χ2v) is 6.05. The number of unbranched alkanes of at least 4 members (excludes halogenated alkanes) is 1. The summed E-state index contributed by atoms with van der Waals surface area (Å²) >= 11 is 0. The highest BCUT2D eigenvalue weighted by Crippen LogP contribution is 2.19. The Balaban J connectivity index is 2.56. The molecule has 0 unspecified atom stereocenters. The van der Waals surface area contributed by atoms with Crippen LogP contribution in [0.25, 0.3) is 0 Å². The molecule has 0 spiro atoms. The van der Waals surface area contributed by atoms with E-state index in [2.05, 4.69) is 0 Å². The number of hydrogen-bond acceptors (Lipinski definition) is 5. The van der Waals surface area contributed by atoms with E-state index in [4.69, 9.17) is 14.0 Å². The maximum atomic E-state index is 11.9. The van der Waals surface area contributed by atoms with Crippen molar-refractivity contribution in [2.45, 2.75) is 26.2 Å². The molecule has 21 heavy (non-hydrogen) atoms. The average Bonchev–Trinajstić information content (AvgIpc) is 2.43. The van der Waals surface area contributed by atoms with Gasteiger partial charge in [-0.15, -0.1) is 0 Å². The summed E-state index contributed by atoms with van der Waals surface area (Å²) in [7, 11) is -3.99. The largest absolute Gasteiger partial charge is 0.493 e. The molecule has 1 rings (SSSR count). The monoisotopic (exact) mass is 316 g/mol. The van der Waals surface area contributed by atoms with Crippen molar-refractivity contribution in [2.24, 2.45) is 0 Å². The Hall–Kier alpha value is -1.60. The number of carbonyl (C=O) groups is 1. The van der Waals surface area contributed by atoms with Crippen molar-refractivity contribution in [3.63, 3.8) is 0 Å². The van der Waals surface area contributed by atoms with Crippen LogP contribution < -0.4 is 4.74 Å². The molecule has 1 N–H and O–H groups in total. The molecule has 0 radical (unpaired) electrons. The summed E-state index contributed by atoms with van der Waals surface area (Å²) in [5.41, 5.74) is 0.306. The standard InChI is InChI=1S/C14H20O6S/c1-2-3-9-20-14(15)12-7-4-5-8-13(12)19-10-6-11-21(16,17)18/h4-5,7-8H,2-3,6,9-11H2,1H3,(H,16,17,18). The molecule has 0 aliphatic heterocycles. The van der Waals surface area contributed by atoms with Gasteiger partial charge in [0.1, 0.15) is 11.3 Å². The lowest BCUT2D eigenvalue weighted by Crippen LogP contribution is -2.11. The normalized spacial score (nSPS) is 11.1. The smallest absolute Gasteiger partial charge is 0.341 e. The third-order valence-corrected chi connectivity index (χ3v) is 3.45. The average molecular weight is 316 g/mol. The Morgan fingerprint density at radius 3 is 2.57 bits per heavy atom. The number of ether oxygens (including phenoxy) is 2. The molecule has 118 valence electrons. The SMILES string of the molecule is CCCCOC(=O)c1ccccc1OCCCS(=O)(=O)O. The highest BCUT2D eigenvalue weighted by Gasteiger charge is 2.13. The molecule has 0 heterocycles. The summed E-state index contributed by atoms with van der Waals surface area (Å²) < 4.78 is 40.3. The highest BCUT2D eigenvalue weighted by molar-refractivity contribution is 7.85. The number of rotatable bonds is 9. The zero-order valence-electron chi connectivity index (χ0n) is 11.9. The van der Waals surface area contributed by atoms with Crippen LogP contribution in [0.4, 0.5) is 0 Å². The van der Waals surface area contributed by atoms with Crippen LogP contribution in [0.15, 0.2) is 24.3 Å². The zero-order chi connectivity index (χ0) is 15.7. The van der Waals surface area contributed by atoms with Gasteiger partial charge in [-0.2, -0.15) is 8.42 Å². The second kappa shape index (κ2) is 8.63. The van der Waals surface area contributed by atoms with Gasteiger partial charge >= 0.3 is 5.97 Å². The molecule has 0 fully saturated rings. The van der Waals surface area contributed by atoms with Gasteiger partial charge in [-0.1, -0.05) is 25.5 Å². The van der Waals surface area contributed by atoms with Gasteiger partial charge in [0, 0.05) is 0 Å². The zero-order valence-corrected chi connectivity index (χ0v) is 12.8. The summed E-state index contributed by atoms with van der Waals surface area (Å²) in [4.78, 5) is 11.9. The fourth-order valence-electron chi connectivity index (χ4n) is 1.57. The van der Waals surface area contributed by atoms with E-state index in [0.29, 0.717) is 17.9 Å². The van der Waals surface area contributed by atoms with Crippen LogP contribution in [0.1, 0.15) is 36.5 Å². The first-order valence-corrected chi connectivity index (χ1v) is 8.39. The van der Waals surface area contributed by atoms with Gasteiger partial charge in [-0.05, 0) is 25.0 Å². The molecule has 0 saturated heterocycles. The van der Waals surface area contributed by atoms with Crippen molar-refractivity contribution in [2.75, 3.05) is 19.0 Å². The molecule has 0 aliphatic carbocycles. The van der Waals surface area contributed by atoms with E-state index in [1.807, 2.05) is 6.92 Å². The van der Waals surface area contributed by atoms with Gasteiger partial charge in [-0.3, -0.25) is 4.55 Å². The van der Waals surface area contributed by atoms with E-state index < -0.39 is 16.1 Å². The van der Waals surface area contributed by atoms with Crippen molar-refractivity contribution in [1.82, 2.24) is 0 Å². The van der Waals surface area contributed by atoms with Crippen molar-refractivity contribution in [3.8, 4) is 5.75 Å². The van der Waals surface area contributed by atoms with Crippen LogP contribution in [0.3, 0.4) is 0 Å². The van der Waals surface area contributed by atoms with E-state index in [1.165, 1.54) is 0 Å². The number of esters is 1. The van der Waals surface area contributed by atoms with Crippen molar-refractivity contribution < 1.29 is 27.2 Å². The van der Waals surface area contributed by atoms with Crippen LogP contribution >= 0.6 is 0 Å². The Bertz CT molecular complexity index is 552. The van der Waals surface area contributed by atoms with Crippen LogP contribution in [0.2, 0.25) is 0 Å². The van der Waals surface area contributed by atoms with E-state index in [1.54, 1.807) is 24.3 Å². The Morgan fingerprint density at radius 1 is 1.19 bits per heavy atom. The van der Waals surface area contributed by atoms with E-state index in [9.17, 15) is 13.2 Å². The third kappa shape index (κ3) is 7.10. The lowest BCUT2D eigenvalue weighted by molar-refractivity contribution is 0.0495. The minimum atomic E-state index is -3.99. The fourth-order valence-corrected chi connectivity index (χ4v) is 2.05. The van der Waals surface area contributed by atoms with Crippen LogP contribution in [-0.2, 0) is 14.9 Å². The van der Waals surface area contributed by atoms with Crippen LogP contribution in [-0.4, -0.2) is 37.9 Å². The van der Waals surface area contributed by atoms with E-state index in [-0.39, 0.29) is 18.8 Å². The molecule has 0 aliphatic rings. The predicted octanol–water partition coefficient (Wildman–Crippen LogP) is 2.30. The molecule has 0 aromatic heterocycles. The number of hydrogen-bond donors (Lipinski definition) is 1. The summed E-state index contributed by atoms with van der Waals surface area (Å²) in [5, 5.41) is 0. The Morgan fingerprint density at radius 2 is 1.90 bits per heavy atom. The van der Waals surface area contributed by atoms with Crippen LogP contribution in [0.5, 0.6) is 5.75 Å². The van der Waals surface area contributed by atoms with Crippen molar-refractivity contribution in [1.29, 1.82) is 0 Å². The summed E-state index contributed by atoms with van der Waals surface area (Å²) in [6.45, 7) is 2.44. The second-order valence-electron chi connectivity index (χ2n) is 4.47. The van der Waals surface area contributed by atoms with E-state index >= 15 is 0 Å². The lowest BCUT2D eigenvalue weighted by atomic mass is 10.2. The molecule has 0 saturated carbocycles. The van der Waals surface area contributed by atoms with Crippen molar-refractivity contribution >= 4 is 16.1 Å². The fraction of sp³-hybridized carbons (Fsp3) is 0.500. The van der Waals surface area contributed by atoms with Gasteiger partial charge in [0.25, 0.3) is 10.1 Å². The van der Waals surface area contributed by atoms with E-state index in [0.717, 1.165) is 12.8 Å². The summed E-state index contributed by atoms with van der Waals surface area (Å²) in [6.07, 6.45) is 1.86. The van der Waals surface area contributed by atoms with Gasteiger partial charge in [0.2, 0.25) is 0 Å². The minimum Gasteiger partial charge on any atom is -0.493 e. The molecular formula is C14H20O6S. The maximum Gasteiger partial charge on any atom is 0.341 e. The lowest BCUT2D eigenvalue weighted by Gasteiger charge is -2.10. The summed E-state index contributed by atoms with van der Waals surface area (Å²) in [6, 6.07) is 6.61. The predicted molar refractivity (Wildman–Crippen MR) is 78.2 cm³/mol. The number of carbonyl (C=O) groups excluding carboxylic acids is 1. The molecule has 1 aromatic carbocycles. The molecule has 1 aromatic rings. The third-order valence-electron chi connectivity index (χ3n) is 2.64. The molecule has 0 amide bonds. The van der Waals surface area contributed by atoms with Crippen LogP contribution in [0, 0.1) is 0 Å². The minimum absolute atomic E-state index is 0.0824. The maximum absolute atomic E-state index is 11.9.